The predicted molar refractivity (Wildman–Crippen MR) is 131 cm³/mol. The molecule has 0 radical (unpaired) electrons. The van der Waals surface area contributed by atoms with Crippen molar-refractivity contribution in [2.45, 2.75) is 13.8 Å². The molecule has 0 bridgehead atoms. The first-order valence-electron chi connectivity index (χ1n) is 11.0. The Balaban J connectivity index is 1.46. The van der Waals surface area contributed by atoms with E-state index in [1.165, 1.54) is 0 Å². The third kappa shape index (κ3) is 5.97. The maximum absolute atomic E-state index is 5.75. The van der Waals surface area contributed by atoms with Crippen molar-refractivity contribution in [2.75, 3.05) is 41.8 Å². The van der Waals surface area contributed by atoms with Crippen LogP contribution in [0.25, 0.3) is 5.69 Å². The molecule has 0 fully saturated rings. The summed E-state index contributed by atoms with van der Waals surface area (Å²) in [6.07, 6.45) is 5.43. The SMILES string of the molecule is CCN(CC)c1nc(NCCOc2ccccc2)nc(Nc2ccc(-n3ccnc3)cc2)n1. The first-order chi connectivity index (χ1) is 16.2. The van der Waals surface area contributed by atoms with Crippen molar-refractivity contribution in [3.63, 3.8) is 0 Å². The second kappa shape index (κ2) is 10.9. The van der Waals surface area contributed by atoms with Crippen molar-refractivity contribution in [1.82, 2.24) is 24.5 Å². The number of anilines is 4. The van der Waals surface area contributed by atoms with Crippen LogP contribution in [-0.2, 0) is 0 Å². The molecule has 0 aliphatic heterocycles. The van der Waals surface area contributed by atoms with Gasteiger partial charge in [0, 0.05) is 36.9 Å². The summed E-state index contributed by atoms with van der Waals surface area (Å²) in [5.41, 5.74) is 1.91. The van der Waals surface area contributed by atoms with Gasteiger partial charge in [0.2, 0.25) is 17.8 Å². The fourth-order valence-electron chi connectivity index (χ4n) is 3.25. The maximum atomic E-state index is 5.75. The Hall–Kier alpha value is -4.14. The van der Waals surface area contributed by atoms with E-state index in [4.69, 9.17) is 4.74 Å². The number of nitrogens with one attached hydrogen (secondary N) is 2. The zero-order valence-electron chi connectivity index (χ0n) is 18.8. The van der Waals surface area contributed by atoms with E-state index in [0.717, 1.165) is 30.2 Å². The van der Waals surface area contributed by atoms with Gasteiger partial charge in [-0.2, -0.15) is 15.0 Å². The zero-order valence-corrected chi connectivity index (χ0v) is 18.8. The average molecular weight is 445 g/mol. The summed E-state index contributed by atoms with van der Waals surface area (Å²) in [7, 11) is 0. The van der Waals surface area contributed by atoms with E-state index in [9.17, 15) is 0 Å². The van der Waals surface area contributed by atoms with Gasteiger partial charge in [-0.25, -0.2) is 4.98 Å². The number of para-hydroxylation sites is 1. The molecule has 2 N–H and O–H groups in total. The van der Waals surface area contributed by atoms with Crippen molar-refractivity contribution < 1.29 is 4.74 Å². The molecular formula is C24H28N8O. The molecule has 4 aromatic rings. The lowest BCUT2D eigenvalue weighted by atomic mass is 10.3. The van der Waals surface area contributed by atoms with Crippen LogP contribution < -0.4 is 20.3 Å². The number of rotatable bonds is 11. The smallest absolute Gasteiger partial charge is 0.233 e. The molecule has 0 spiro atoms. The van der Waals surface area contributed by atoms with Crippen molar-refractivity contribution >= 4 is 23.5 Å². The Bertz CT molecular complexity index is 1110. The van der Waals surface area contributed by atoms with Crippen molar-refractivity contribution in [3.8, 4) is 11.4 Å². The van der Waals surface area contributed by atoms with E-state index >= 15 is 0 Å². The Morgan fingerprint density at radius 1 is 0.909 bits per heavy atom. The minimum absolute atomic E-state index is 0.480. The molecule has 2 aromatic carbocycles. The number of hydrogen-bond acceptors (Lipinski definition) is 8. The maximum Gasteiger partial charge on any atom is 0.233 e. The molecule has 0 saturated heterocycles. The average Bonchev–Trinajstić information content (AvgIpc) is 3.39. The lowest BCUT2D eigenvalue weighted by Crippen LogP contribution is -2.25. The van der Waals surface area contributed by atoms with Crippen molar-refractivity contribution in [3.05, 3.63) is 73.3 Å². The number of nitrogens with zero attached hydrogens (tertiary/aromatic N) is 6. The van der Waals surface area contributed by atoms with E-state index in [2.05, 4.69) is 49.3 Å². The fourth-order valence-corrected chi connectivity index (χ4v) is 3.25. The van der Waals surface area contributed by atoms with Crippen LogP contribution in [0.5, 0.6) is 5.75 Å². The molecule has 170 valence electrons. The van der Waals surface area contributed by atoms with E-state index in [0.29, 0.717) is 31.0 Å². The summed E-state index contributed by atoms with van der Waals surface area (Å²) in [5.74, 6) is 2.44. The number of aromatic nitrogens is 5. The molecule has 0 aliphatic rings. The molecule has 0 atom stereocenters. The molecular weight excluding hydrogens is 416 g/mol. The summed E-state index contributed by atoms with van der Waals surface area (Å²) < 4.78 is 7.70. The molecule has 0 aliphatic carbocycles. The molecule has 9 heteroatoms. The van der Waals surface area contributed by atoms with Crippen molar-refractivity contribution in [2.24, 2.45) is 0 Å². The summed E-state index contributed by atoms with van der Waals surface area (Å²) >= 11 is 0. The van der Waals surface area contributed by atoms with Crippen molar-refractivity contribution in [1.29, 1.82) is 0 Å². The van der Waals surface area contributed by atoms with Crippen LogP contribution in [0.4, 0.5) is 23.5 Å². The third-order valence-electron chi connectivity index (χ3n) is 4.99. The highest BCUT2D eigenvalue weighted by molar-refractivity contribution is 5.57. The van der Waals surface area contributed by atoms with Gasteiger partial charge >= 0.3 is 0 Å². The molecule has 2 heterocycles. The van der Waals surface area contributed by atoms with Gasteiger partial charge in [0.05, 0.1) is 12.9 Å². The minimum Gasteiger partial charge on any atom is -0.492 e. The zero-order chi connectivity index (χ0) is 22.9. The highest BCUT2D eigenvalue weighted by atomic mass is 16.5. The quantitative estimate of drug-likeness (QED) is 0.334. The van der Waals surface area contributed by atoms with E-state index in [1.807, 2.05) is 65.4 Å². The van der Waals surface area contributed by atoms with E-state index in [-0.39, 0.29) is 0 Å². The van der Waals surface area contributed by atoms with Crippen LogP contribution in [0.3, 0.4) is 0 Å². The normalized spacial score (nSPS) is 10.6. The third-order valence-corrected chi connectivity index (χ3v) is 4.99. The monoisotopic (exact) mass is 444 g/mol. The lowest BCUT2D eigenvalue weighted by Gasteiger charge is -2.20. The Labute approximate surface area is 193 Å². The van der Waals surface area contributed by atoms with Crippen LogP contribution in [-0.4, -0.2) is 50.7 Å². The lowest BCUT2D eigenvalue weighted by molar-refractivity contribution is 0.332. The first kappa shape index (κ1) is 22.1. The number of imidazole rings is 1. The fraction of sp³-hybridized carbons (Fsp3) is 0.250. The Kier molecular flexibility index (Phi) is 7.32. The number of ether oxygens (including phenoxy) is 1. The molecule has 4 rings (SSSR count). The van der Waals surface area contributed by atoms with Gasteiger partial charge in [-0.05, 0) is 50.2 Å². The highest BCUT2D eigenvalue weighted by Crippen LogP contribution is 2.19. The summed E-state index contributed by atoms with van der Waals surface area (Å²) in [6, 6.07) is 17.7. The molecule has 0 unspecified atom stereocenters. The molecule has 2 aromatic heterocycles. The summed E-state index contributed by atoms with van der Waals surface area (Å²) in [4.78, 5) is 19.9. The standard InChI is InChI=1S/C24H28N8O/c1-3-31(4-2)24-29-22(26-15-17-33-21-8-6-5-7-9-21)28-23(30-24)27-19-10-12-20(13-11-19)32-16-14-25-18-32/h5-14,16,18H,3-4,15,17H2,1-2H3,(H2,26,27,28,29,30). The molecule has 33 heavy (non-hydrogen) atoms. The highest BCUT2D eigenvalue weighted by Gasteiger charge is 2.12. The van der Waals surface area contributed by atoms with Gasteiger partial charge in [0.1, 0.15) is 12.4 Å². The largest absolute Gasteiger partial charge is 0.492 e. The van der Waals surface area contributed by atoms with Crippen LogP contribution in [0.15, 0.2) is 73.3 Å². The predicted octanol–water partition coefficient (Wildman–Crippen LogP) is 4.14. The van der Waals surface area contributed by atoms with Gasteiger partial charge in [-0.15, -0.1) is 0 Å². The first-order valence-corrected chi connectivity index (χ1v) is 11.0. The number of benzene rings is 2. The van der Waals surface area contributed by atoms with Gasteiger partial charge < -0.3 is 24.8 Å². The van der Waals surface area contributed by atoms with Crippen LogP contribution >= 0.6 is 0 Å². The van der Waals surface area contributed by atoms with Gasteiger partial charge in [0.15, 0.2) is 0 Å². The summed E-state index contributed by atoms with van der Waals surface area (Å²) in [5, 5.41) is 6.54. The topological polar surface area (TPSA) is 93.0 Å². The Morgan fingerprint density at radius 2 is 1.67 bits per heavy atom. The molecule has 9 nitrogen and oxygen atoms in total. The van der Waals surface area contributed by atoms with Gasteiger partial charge in [0.25, 0.3) is 0 Å². The van der Waals surface area contributed by atoms with Crippen LogP contribution in [0.1, 0.15) is 13.8 Å². The van der Waals surface area contributed by atoms with Crippen LogP contribution in [0.2, 0.25) is 0 Å². The van der Waals surface area contributed by atoms with E-state index < -0.39 is 0 Å². The second-order valence-electron chi connectivity index (χ2n) is 7.19. The van der Waals surface area contributed by atoms with E-state index in [1.54, 1.807) is 12.5 Å². The summed E-state index contributed by atoms with van der Waals surface area (Å²) in [6.45, 7) is 6.82. The Morgan fingerprint density at radius 3 is 2.36 bits per heavy atom. The van der Waals surface area contributed by atoms with Gasteiger partial charge in [-0.3, -0.25) is 0 Å². The molecule has 0 amide bonds. The number of hydrogen-bond donors (Lipinski definition) is 2. The second-order valence-corrected chi connectivity index (χ2v) is 7.19. The molecule has 0 saturated carbocycles. The van der Waals surface area contributed by atoms with Crippen LogP contribution in [0, 0.1) is 0 Å². The minimum atomic E-state index is 0.480. The van der Waals surface area contributed by atoms with Gasteiger partial charge in [-0.1, -0.05) is 18.2 Å².